The number of carboxylic acid groups (broad SMARTS) is 1. The highest BCUT2D eigenvalue weighted by atomic mass is 19.1. The van der Waals surface area contributed by atoms with Crippen LogP contribution in [-0.4, -0.2) is 22.8 Å². The van der Waals surface area contributed by atoms with E-state index in [0.717, 1.165) is 5.56 Å². The van der Waals surface area contributed by atoms with E-state index in [1.165, 1.54) is 12.1 Å². The van der Waals surface area contributed by atoms with Crippen LogP contribution < -0.4 is 0 Å². The van der Waals surface area contributed by atoms with Gasteiger partial charge in [-0.1, -0.05) is 18.6 Å². The topological polar surface area (TPSA) is 57.5 Å². The van der Waals surface area contributed by atoms with Crippen molar-refractivity contribution in [3.8, 4) is 0 Å². The van der Waals surface area contributed by atoms with Crippen LogP contribution in [0.5, 0.6) is 0 Å². The summed E-state index contributed by atoms with van der Waals surface area (Å²) in [6.45, 7) is 0.0862. The van der Waals surface area contributed by atoms with Gasteiger partial charge in [-0.2, -0.15) is 0 Å². The van der Waals surface area contributed by atoms with Crippen LogP contribution >= 0.6 is 0 Å². The Kier molecular flexibility index (Phi) is 5.63. The fourth-order valence-corrected chi connectivity index (χ4v) is 1.72. The summed E-state index contributed by atoms with van der Waals surface area (Å²) in [6.07, 6.45) is 2.25. The van der Waals surface area contributed by atoms with Crippen molar-refractivity contribution >= 4 is 5.97 Å². The van der Waals surface area contributed by atoms with Crippen LogP contribution in [-0.2, 0) is 11.2 Å². The van der Waals surface area contributed by atoms with Gasteiger partial charge in [-0.15, -0.1) is 0 Å². The Hall–Kier alpha value is -1.42. The number of rotatable bonds is 7. The number of unbranched alkanes of at least 4 members (excludes halogenated alkanes) is 1. The van der Waals surface area contributed by atoms with Gasteiger partial charge in [0.25, 0.3) is 0 Å². The second-order valence-electron chi connectivity index (χ2n) is 4.09. The normalized spacial score (nSPS) is 12.4. The molecule has 0 amide bonds. The van der Waals surface area contributed by atoms with E-state index >= 15 is 0 Å². The number of hydrogen-bond donors (Lipinski definition) is 2. The molecule has 0 aliphatic carbocycles. The first-order valence-corrected chi connectivity index (χ1v) is 5.71. The van der Waals surface area contributed by atoms with E-state index < -0.39 is 11.9 Å². The van der Waals surface area contributed by atoms with Crippen LogP contribution in [0.15, 0.2) is 24.3 Å². The fraction of sp³-hybridized carbons (Fsp3) is 0.462. The zero-order chi connectivity index (χ0) is 12.7. The minimum atomic E-state index is -0.840. The molecule has 4 heteroatoms. The number of carboxylic acids is 1. The van der Waals surface area contributed by atoms with E-state index in [1.807, 2.05) is 0 Å². The quantitative estimate of drug-likeness (QED) is 0.718. The number of aliphatic hydroxyl groups excluding tert-OH is 1. The van der Waals surface area contributed by atoms with Gasteiger partial charge in [-0.25, -0.2) is 4.39 Å². The first-order valence-electron chi connectivity index (χ1n) is 5.71. The summed E-state index contributed by atoms with van der Waals surface area (Å²) in [5.41, 5.74) is 0.822. The number of aliphatic carboxylic acids is 1. The number of halogens is 1. The van der Waals surface area contributed by atoms with Gasteiger partial charge in [0.2, 0.25) is 0 Å². The monoisotopic (exact) mass is 240 g/mol. The molecule has 2 N–H and O–H groups in total. The molecule has 1 unspecified atom stereocenters. The zero-order valence-corrected chi connectivity index (χ0v) is 9.60. The van der Waals surface area contributed by atoms with E-state index in [0.29, 0.717) is 25.7 Å². The van der Waals surface area contributed by atoms with Crippen molar-refractivity contribution in [3.05, 3.63) is 35.6 Å². The summed E-state index contributed by atoms with van der Waals surface area (Å²) in [4.78, 5) is 11.0. The Balaban J connectivity index is 2.54. The maximum atomic E-state index is 12.7. The van der Waals surface area contributed by atoms with E-state index in [-0.39, 0.29) is 12.4 Å². The van der Waals surface area contributed by atoms with Crippen molar-refractivity contribution < 1.29 is 19.4 Å². The third-order valence-electron chi connectivity index (χ3n) is 2.71. The molecular formula is C13H17FO3. The lowest BCUT2D eigenvalue weighted by atomic mass is 9.94. The zero-order valence-electron chi connectivity index (χ0n) is 9.60. The van der Waals surface area contributed by atoms with Crippen LogP contribution in [0.2, 0.25) is 0 Å². The summed E-state index contributed by atoms with van der Waals surface area (Å²) < 4.78 is 12.7. The van der Waals surface area contributed by atoms with Gasteiger partial charge < -0.3 is 10.2 Å². The summed E-state index contributed by atoms with van der Waals surface area (Å²) in [5.74, 6) is -1.62. The third kappa shape index (κ3) is 4.95. The molecule has 1 rings (SSSR count). The van der Waals surface area contributed by atoms with Gasteiger partial charge >= 0.3 is 5.97 Å². The SMILES string of the molecule is O=C(O)C(CCCCO)Cc1ccc(F)cc1. The average Bonchev–Trinajstić information content (AvgIpc) is 2.30. The number of benzene rings is 1. The van der Waals surface area contributed by atoms with E-state index in [1.54, 1.807) is 12.1 Å². The van der Waals surface area contributed by atoms with Crippen LogP contribution in [0.3, 0.4) is 0 Å². The highest BCUT2D eigenvalue weighted by molar-refractivity contribution is 5.70. The molecule has 0 bridgehead atoms. The number of hydrogen-bond acceptors (Lipinski definition) is 2. The summed E-state index contributed by atoms with van der Waals surface area (Å²) in [5, 5.41) is 17.7. The predicted octanol–water partition coefficient (Wildman–Crippen LogP) is 2.23. The first-order chi connectivity index (χ1) is 8.13. The van der Waals surface area contributed by atoms with E-state index in [2.05, 4.69) is 0 Å². The number of aliphatic hydroxyl groups is 1. The molecular weight excluding hydrogens is 223 g/mol. The molecule has 0 radical (unpaired) electrons. The Bertz CT molecular complexity index is 348. The standard InChI is InChI=1S/C13H17FO3/c14-12-6-4-10(5-7-12)9-11(13(16)17)3-1-2-8-15/h4-7,11,15H,1-3,8-9H2,(H,16,17). The highest BCUT2D eigenvalue weighted by Gasteiger charge is 2.17. The molecule has 0 fully saturated rings. The van der Waals surface area contributed by atoms with Gasteiger partial charge in [0.15, 0.2) is 0 Å². The second kappa shape index (κ2) is 7.01. The van der Waals surface area contributed by atoms with Crippen molar-refractivity contribution in [2.24, 2.45) is 5.92 Å². The lowest BCUT2D eigenvalue weighted by Gasteiger charge is -2.11. The fourth-order valence-electron chi connectivity index (χ4n) is 1.72. The molecule has 1 aromatic carbocycles. The van der Waals surface area contributed by atoms with Crippen molar-refractivity contribution in [2.45, 2.75) is 25.7 Å². The molecule has 0 aliphatic rings. The Morgan fingerprint density at radius 3 is 2.41 bits per heavy atom. The summed E-state index contributed by atoms with van der Waals surface area (Å²) >= 11 is 0. The Morgan fingerprint density at radius 1 is 1.24 bits per heavy atom. The Morgan fingerprint density at radius 2 is 1.88 bits per heavy atom. The molecule has 1 atom stereocenters. The highest BCUT2D eigenvalue weighted by Crippen LogP contribution is 2.16. The third-order valence-corrected chi connectivity index (χ3v) is 2.71. The molecule has 0 saturated carbocycles. The average molecular weight is 240 g/mol. The van der Waals surface area contributed by atoms with Crippen molar-refractivity contribution in [1.29, 1.82) is 0 Å². The maximum absolute atomic E-state index is 12.7. The number of carbonyl (C=O) groups is 1. The minimum Gasteiger partial charge on any atom is -0.481 e. The Labute approximate surface area is 99.9 Å². The summed E-state index contributed by atoms with van der Waals surface area (Å²) in [7, 11) is 0. The second-order valence-corrected chi connectivity index (χ2v) is 4.09. The molecule has 0 saturated heterocycles. The van der Waals surface area contributed by atoms with E-state index in [4.69, 9.17) is 10.2 Å². The van der Waals surface area contributed by atoms with Gasteiger partial charge in [0, 0.05) is 6.61 Å². The van der Waals surface area contributed by atoms with Crippen LogP contribution in [0.4, 0.5) is 4.39 Å². The first kappa shape index (κ1) is 13.6. The van der Waals surface area contributed by atoms with Crippen molar-refractivity contribution in [1.82, 2.24) is 0 Å². The molecule has 0 aliphatic heterocycles. The molecule has 0 spiro atoms. The summed E-state index contributed by atoms with van der Waals surface area (Å²) in [6, 6.07) is 5.89. The van der Waals surface area contributed by atoms with Crippen LogP contribution in [0.25, 0.3) is 0 Å². The van der Waals surface area contributed by atoms with Crippen LogP contribution in [0.1, 0.15) is 24.8 Å². The molecule has 94 valence electrons. The lowest BCUT2D eigenvalue weighted by Crippen LogP contribution is -2.16. The smallest absolute Gasteiger partial charge is 0.306 e. The molecule has 1 aromatic rings. The van der Waals surface area contributed by atoms with Crippen molar-refractivity contribution in [3.63, 3.8) is 0 Å². The molecule has 17 heavy (non-hydrogen) atoms. The molecule has 0 aromatic heterocycles. The van der Waals surface area contributed by atoms with Gasteiger partial charge in [-0.3, -0.25) is 4.79 Å². The van der Waals surface area contributed by atoms with Gasteiger partial charge in [0.05, 0.1) is 5.92 Å². The van der Waals surface area contributed by atoms with Crippen LogP contribution in [0, 0.1) is 11.7 Å². The largest absolute Gasteiger partial charge is 0.481 e. The predicted molar refractivity (Wildman–Crippen MR) is 62.2 cm³/mol. The van der Waals surface area contributed by atoms with Crippen molar-refractivity contribution in [2.75, 3.05) is 6.61 Å². The maximum Gasteiger partial charge on any atom is 0.306 e. The van der Waals surface area contributed by atoms with Gasteiger partial charge in [-0.05, 0) is 37.0 Å². The molecule has 3 nitrogen and oxygen atoms in total. The lowest BCUT2D eigenvalue weighted by molar-refractivity contribution is -0.142. The minimum absolute atomic E-state index is 0.0862. The molecule has 0 heterocycles. The van der Waals surface area contributed by atoms with E-state index in [9.17, 15) is 9.18 Å². The van der Waals surface area contributed by atoms with Gasteiger partial charge in [0.1, 0.15) is 5.82 Å².